The largest absolute Gasteiger partial charge is 0.417 e. The van der Waals surface area contributed by atoms with Gasteiger partial charge in [-0.2, -0.15) is 13.2 Å². The van der Waals surface area contributed by atoms with Crippen LogP contribution in [0, 0.1) is 10.1 Å². The number of benzene rings is 2. The van der Waals surface area contributed by atoms with E-state index in [0.29, 0.717) is 11.6 Å². The van der Waals surface area contributed by atoms with Crippen molar-refractivity contribution >= 4 is 27.3 Å². The lowest BCUT2D eigenvalue weighted by atomic mass is 10.2. The number of hydrogen-bond donors (Lipinski definition) is 1. The van der Waals surface area contributed by atoms with E-state index in [4.69, 9.17) is 11.6 Å². The van der Waals surface area contributed by atoms with E-state index < -0.39 is 31.6 Å². The van der Waals surface area contributed by atoms with Crippen molar-refractivity contribution in [3.05, 3.63) is 68.7 Å². The van der Waals surface area contributed by atoms with E-state index in [1.807, 2.05) is 4.72 Å². The third-order valence-electron chi connectivity index (χ3n) is 3.15. The number of alkyl halides is 3. The highest BCUT2D eigenvalue weighted by atomic mass is 35.5. The fourth-order valence-corrected chi connectivity index (χ4v) is 3.35. The molecule has 0 saturated heterocycles. The Balaban J connectivity index is 2.26. The third kappa shape index (κ3) is 4.68. The van der Waals surface area contributed by atoms with Crippen LogP contribution in [0.4, 0.5) is 18.9 Å². The van der Waals surface area contributed by atoms with E-state index in [1.54, 1.807) is 0 Å². The highest BCUT2D eigenvalue weighted by Gasteiger charge is 2.37. The predicted octanol–water partition coefficient (Wildman–Crippen LogP) is 3.75. The Morgan fingerprint density at radius 1 is 1.12 bits per heavy atom. The molecule has 0 bridgehead atoms. The van der Waals surface area contributed by atoms with Gasteiger partial charge >= 0.3 is 6.18 Å². The number of nitro groups is 1. The van der Waals surface area contributed by atoms with Gasteiger partial charge in [-0.3, -0.25) is 10.1 Å². The second-order valence-corrected chi connectivity index (χ2v) is 7.06. The van der Waals surface area contributed by atoms with Gasteiger partial charge in [0.25, 0.3) is 5.69 Å². The summed E-state index contributed by atoms with van der Waals surface area (Å²) in [5.41, 5.74) is -1.23. The van der Waals surface area contributed by atoms with Crippen molar-refractivity contribution in [2.45, 2.75) is 17.6 Å². The number of nitrogens with one attached hydrogen (secondary N) is 1. The van der Waals surface area contributed by atoms with Gasteiger partial charge in [-0.1, -0.05) is 23.7 Å². The topological polar surface area (TPSA) is 89.3 Å². The molecule has 2 aromatic carbocycles. The maximum atomic E-state index is 13.0. The van der Waals surface area contributed by atoms with E-state index in [9.17, 15) is 31.7 Å². The van der Waals surface area contributed by atoms with Crippen molar-refractivity contribution in [2.75, 3.05) is 0 Å². The molecule has 0 heterocycles. The summed E-state index contributed by atoms with van der Waals surface area (Å²) in [6.07, 6.45) is -4.90. The van der Waals surface area contributed by atoms with Gasteiger partial charge in [0.2, 0.25) is 10.0 Å². The van der Waals surface area contributed by atoms with E-state index in [1.165, 1.54) is 12.1 Å². The Labute approximate surface area is 145 Å². The lowest BCUT2D eigenvalue weighted by Crippen LogP contribution is -2.26. The summed E-state index contributed by atoms with van der Waals surface area (Å²) in [6, 6.07) is 7.25. The van der Waals surface area contributed by atoms with Crippen LogP contribution in [0.3, 0.4) is 0 Å². The third-order valence-corrected chi connectivity index (χ3v) is 4.84. The lowest BCUT2D eigenvalue weighted by molar-refractivity contribution is -0.384. The number of hydrogen-bond acceptors (Lipinski definition) is 4. The molecule has 0 fully saturated rings. The molecule has 0 aliphatic heterocycles. The number of nitrogens with zero attached hydrogens (tertiary/aromatic N) is 1. The Kier molecular flexibility index (Phi) is 5.35. The monoisotopic (exact) mass is 394 g/mol. The second kappa shape index (κ2) is 6.98. The van der Waals surface area contributed by atoms with Crippen LogP contribution >= 0.6 is 11.6 Å². The van der Waals surface area contributed by atoms with Gasteiger partial charge in [0, 0.05) is 23.7 Å². The van der Waals surface area contributed by atoms with Crippen LogP contribution in [-0.4, -0.2) is 13.3 Å². The molecule has 25 heavy (non-hydrogen) atoms. The first-order chi connectivity index (χ1) is 11.5. The Morgan fingerprint density at radius 3 is 2.24 bits per heavy atom. The average molecular weight is 395 g/mol. The zero-order chi connectivity index (χ0) is 18.8. The van der Waals surface area contributed by atoms with Gasteiger partial charge in [-0.15, -0.1) is 0 Å². The van der Waals surface area contributed by atoms with E-state index in [2.05, 4.69) is 0 Å². The molecule has 0 spiro atoms. The minimum atomic E-state index is -4.90. The van der Waals surface area contributed by atoms with Crippen molar-refractivity contribution in [2.24, 2.45) is 0 Å². The summed E-state index contributed by atoms with van der Waals surface area (Å²) in [7, 11) is -4.48. The zero-order valence-corrected chi connectivity index (χ0v) is 13.8. The SMILES string of the molecule is O=[N+]([O-])c1ccc(CNS(=O)(=O)c2ccc(Cl)cc2C(F)(F)F)cc1. The molecule has 0 saturated carbocycles. The molecule has 0 radical (unpaired) electrons. The van der Waals surface area contributed by atoms with Crippen LogP contribution in [0.1, 0.15) is 11.1 Å². The maximum Gasteiger partial charge on any atom is 0.417 e. The lowest BCUT2D eigenvalue weighted by Gasteiger charge is -2.14. The van der Waals surface area contributed by atoms with Crippen molar-refractivity contribution in [3.63, 3.8) is 0 Å². The first-order valence-electron chi connectivity index (χ1n) is 6.60. The van der Waals surface area contributed by atoms with E-state index >= 15 is 0 Å². The minimum Gasteiger partial charge on any atom is -0.258 e. The minimum absolute atomic E-state index is 0.191. The van der Waals surface area contributed by atoms with Crippen LogP contribution in [0.15, 0.2) is 47.4 Å². The van der Waals surface area contributed by atoms with Gasteiger partial charge in [0.15, 0.2) is 0 Å². The quantitative estimate of drug-likeness (QED) is 0.618. The molecule has 0 aliphatic carbocycles. The Hall–Kier alpha value is -2.17. The number of sulfonamides is 1. The van der Waals surface area contributed by atoms with Gasteiger partial charge < -0.3 is 0 Å². The smallest absolute Gasteiger partial charge is 0.258 e. The fraction of sp³-hybridized carbons (Fsp3) is 0.143. The molecule has 2 aromatic rings. The molecular weight excluding hydrogens is 385 g/mol. The molecular formula is C14H10ClF3N2O4S. The standard InChI is InChI=1S/C14H10ClF3N2O4S/c15-10-3-6-13(12(7-10)14(16,17)18)25(23,24)19-8-9-1-4-11(5-2-9)20(21)22/h1-7,19H,8H2. The van der Waals surface area contributed by atoms with Crippen molar-refractivity contribution in [1.82, 2.24) is 4.72 Å². The van der Waals surface area contributed by atoms with Gasteiger partial charge in [-0.05, 0) is 23.8 Å². The summed E-state index contributed by atoms with van der Waals surface area (Å²) in [4.78, 5) is 8.97. The van der Waals surface area contributed by atoms with Gasteiger partial charge in [-0.25, -0.2) is 13.1 Å². The Morgan fingerprint density at radius 2 is 1.72 bits per heavy atom. The summed E-state index contributed by atoms with van der Waals surface area (Å²) >= 11 is 5.52. The number of non-ortho nitro benzene ring substituents is 1. The van der Waals surface area contributed by atoms with Crippen molar-refractivity contribution in [3.8, 4) is 0 Å². The maximum absolute atomic E-state index is 13.0. The first-order valence-corrected chi connectivity index (χ1v) is 8.46. The molecule has 134 valence electrons. The molecule has 6 nitrogen and oxygen atoms in total. The second-order valence-electron chi connectivity index (χ2n) is 4.89. The van der Waals surface area contributed by atoms with Crippen LogP contribution in [0.2, 0.25) is 5.02 Å². The van der Waals surface area contributed by atoms with E-state index in [0.717, 1.165) is 24.3 Å². The molecule has 2 rings (SSSR count). The number of halogens is 4. The normalized spacial score (nSPS) is 12.2. The summed E-state index contributed by atoms with van der Waals surface area (Å²) < 4.78 is 65.5. The fourth-order valence-electron chi connectivity index (χ4n) is 1.95. The molecule has 11 heteroatoms. The zero-order valence-electron chi connectivity index (χ0n) is 12.2. The molecule has 0 atom stereocenters. The van der Waals surface area contributed by atoms with Crippen LogP contribution < -0.4 is 4.72 Å². The molecule has 0 aromatic heterocycles. The number of nitro benzene ring substituents is 1. The first kappa shape index (κ1) is 19.2. The van der Waals surface area contributed by atoms with Crippen LogP contribution in [0.25, 0.3) is 0 Å². The van der Waals surface area contributed by atoms with Gasteiger partial charge in [0.05, 0.1) is 15.4 Å². The highest BCUT2D eigenvalue weighted by molar-refractivity contribution is 7.89. The average Bonchev–Trinajstić information content (AvgIpc) is 2.52. The van der Waals surface area contributed by atoms with Crippen molar-refractivity contribution in [1.29, 1.82) is 0 Å². The molecule has 1 N–H and O–H groups in total. The van der Waals surface area contributed by atoms with Gasteiger partial charge in [0.1, 0.15) is 0 Å². The summed E-state index contributed by atoms with van der Waals surface area (Å²) in [5.74, 6) is 0. The van der Waals surface area contributed by atoms with Crippen LogP contribution in [-0.2, 0) is 22.7 Å². The number of rotatable bonds is 5. The molecule has 0 aliphatic rings. The predicted molar refractivity (Wildman–Crippen MR) is 83.6 cm³/mol. The van der Waals surface area contributed by atoms with Crippen molar-refractivity contribution < 1.29 is 26.5 Å². The molecule has 0 amide bonds. The summed E-state index contributed by atoms with van der Waals surface area (Å²) in [5, 5.41) is 10.3. The van der Waals surface area contributed by atoms with E-state index in [-0.39, 0.29) is 17.3 Å². The highest BCUT2D eigenvalue weighted by Crippen LogP contribution is 2.35. The Bertz CT molecular complexity index is 899. The summed E-state index contributed by atoms with van der Waals surface area (Å²) in [6.45, 7) is -0.333. The van der Waals surface area contributed by atoms with Crippen LogP contribution in [0.5, 0.6) is 0 Å². The molecule has 0 unspecified atom stereocenters.